The second kappa shape index (κ2) is 4.98. The van der Waals surface area contributed by atoms with Crippen LogP contribution in [0.25, 0.3) is 21.8 Å². The van der Waals surface area contributed by atoms with Gasteiger partial charge in [0.25, 0.3) is 5.56 Å². The van der Waals surface area contributed by atoms with Crippen LogP contribution in [-0.4, -0.2) is 19.6 Å². The number of aromatic nitrogens is 3. The van der Waals surface area contributed by atoms with Gasteiger partial charge in [0.15, 0.2) is 0 Å². The summed E-state index contributed by atoms with van der Waals surface area (Å²) in [6, 6.07) is 12.8. The van der Waals surface area contributed by atoms with Crippen LogP contribution in [0, 0.1) is 0 Å². The number of aromatic hydroxyl groups is 1. The van der Waals surface area contributed by atoms with E-state index in [2.05, 4.69) is 32.9 Å². The molecule has 0 saturated carbocycles. The minimum Gasteiger partial charge on any atom is -0.508 e. The van der Waals surface area contributed by atoms with Gasteiger partial charge in [-0.15, -0.1) is 0 Å². The Morgan fingerprint density at radius 1 is 1.17 bits per heavy atom. The molecule has 5 nitrogen and oxygen atoms in total. The molecule has 5 heteroatoms. The van der Waals surface area contributed by atoms with E-state index in [-0.39, 0.29) is 11.3 Å². The zero-order valence-electron chi connectivity index (χ0n) is 12.6. The van der Waals surface area contributed by atoms with Crippen molar-refractivity contribution in [3.05, 3.63) is 70.4 Å². The Balaban J connectivity index is 1.83. The normalized spacial score (nSPS) is 11.3. The lowest BCUT2D eigenvalue weighted by Crippen LogP contribution is -2.12. The van der Waals surface area contributed by atoms with Crippen LogP contribution in [0.4, 0.5) is 0 Å². The topological polar surface area (TPSA) is 70.9 Å². The van der Waals surface area contributed by atoms with Crippen molar-refractivity contribution in [1.82, 2.24) is 14.5 Å². The summed E-state index contributed by atoms with van der Waals surface area (Å²) in [5, 5.41) is 11.0. The number of H-pyrrole nitrogens is 1. The number of benzene rings is 2. The van der Waals surface area contributed by atoms with E-state index in [0.29, 0.717) is 23.1 Å². The molecule has 0 radical (unpaired) electrons. The van der Waals surface area contributed by atoms with E-state index in [1.165, 1.54) is 12.1 Å². The molecule has 0 spiro atoms. The molecule has 0 fully saturated rings. The van der Waals surface area contributed by atoms with E-state index in [9.17, 15) is 9.90 Å². The summed E-state index contributed by atoms with van der Waals surface area (Å²) < 4.78 is 2.07. The number of para-hydroxylation sites is 1. The van der Waals surface area contributed by atoms with Crippen molar-refractivity contribution in [1.29, 1.82) is 0 Å². The first kappa shape index (κ1) is 13.6. The molecule has 4 aromatic rings. The maximum atomic E-state index is 12.2. The zero-order chi connectivity index (χ0) is 16.0. The number of rotatable bonds is 2. The van der Waals surface area contributed by atoms with Crippen LogP contribution in [0.15, 0.2) is 53.5 Å². The number of phenolic OH excluding ortho intramolecular Hbond substituents is 1. The number of aromatic amines is 1. The van der Waals surface area contributed by atoms with E-state index in [0.717, 1.165) is 16.5 Å². The average Bonchev–Trinajstić information content (AvgIpc) is 2.85. The number of nitrogens with zero attached hydrogens (tertiary/aromatic N) is 2. The fraction of sp³-hybridized carbons (Fsp3) is 0.111. The molecule has 0 aliphatic rings. The zero-order valence-corrected chi connectivity index (χ0v) is 12.6. The Morgan fingerprint density at radius 3 is 2.87 bits per heavy atom. The Kier molecular flexibility index (Phi) is 2.94. The monoisotopic (exact) mass is 305 g/mol. The van der Waals surface area contributed by atoms with Gasteiger partial charge in [-0.2, -0.15) is 0 Å². The summed E-state index contributed by atoms with van der Waals surface area (Å²) in [7, 11) is 2.01. The number of aryl methyl sites for hydroxylation is 1. The van der Waals surface area contributed by atoms with Crippen LogP contribution >= 0.6 is 0 Å². The molecule has 0 amide bonds. The molecule has 0 aliphatic carbocycles. The second-order valence-corrected chi connectivity index (χ2v) is 5.67. The van der Waals surface area contributed by atoms with Gasteiger partial charge in [0.1, 0.15) is 11.6 Å². The minimum atomic E-state index is -0.235. The fourth-order valence-electron chi connectivity index (χ4n) is 3.01. The van der Waals surface area contributed by atoms with E-state index >= 15 is 0 Å². The molecule has 0 unspecified atom stereocenters. The number of phenols is 1. The molecular weight excluding hydrogens is 290 g/mol. The third-order valence-electron chi connectivity index (χ3n) is 4.08. The lowest BCUT2D eigenvalue weighted by molar-refractivity contribution is 0.476. The highest BCUT2D eigenvalue weighted by Gasteiger charge is 2.10. The first-order valence-electron chi connectivity index (χ1n) is 7.37. The Hall–Kier alpha value is -3.08. The smallest absolute Gasteiger partial charge is 0.258 e. The SMILES string of the molecule is Cn1cc(Cc2nc3ccc(O)cc3c(=O)[nH]2)c2ccccc21. The van der Waals surface area contributed by atoms with Gasteiger partial charge >= 0.3 is 0 Å². The molecule has 2 aromatic heterocycles. The molecule has 4 rings (SSSR count). The number of nitrogens with one attached hydrogen (secondary N) is 1. The Labute approximate surface area is 131 Å². The second-order valence-electron chi connectivity index (χ2n) is 5.67. The third-order valence-corrected chi connectivity index (χ3v) is 4.08. The molecule has 2 N–H and O–H groups in total. The number of hydrogen-bond acceptors (Lipinski definition) is 3. The van der Waals surface area contributed by atoms with Crippen LogP contribution in [0.3, 0.4) is 0 Å². The van der Waals surface area contributed by atoms with E-state index < -0.39 is 0 Å². The van der Waals surface area contributed by atoms with E-state index in [1.54, 1.807) is 6.07 Å². The van der Waals surface area contributed by atoms with Crippen LogP contribution in [-0.2, 0) is 13.5 Å². The summed E-state index contributed by atoms with van der Waals surface area (Å²) in [4.78, 5) is 19.5. The molecular formula is C18H15N3O2. The van der Waals surface area contributed by atoms with Gasteiger partial charge in [-0.1, -0.05) is 18.2 Å². The molecule has 0 aliphatic heterocycles. The van der Waals surface area contributed by atoms with Crippen molar-refractivity contribution >= 4 is 21.8 Å². The van der Waals surface area contributed by atoms with Crippen molar-refractivity contribution in [3.63, 3.8) is 0 Å². The summed E-state index contributed by atoms with van der Waals surface area (Å²) in [5.74, 6) is 0.677. The van der Waals surface area contributed by atoms with Crippen molar-refractivity contribution in [3.8, 4) is 5.75 Å². The third kappa shape index (κ3) is 2.26. The molecule has 23 heavy (non-hydrogen) atoms. The number of fused-ring (bicyclic) bond motifs is 2. The summed E-state index contributed by atoms with van der Waals surface area (Å²) in [5.41, 5.74) is 2.61. The molecule has 0 atom stereocenters. The van der Waals surface area contributed by atoms with Crippen LogP contribution < -0.4 is 5.56 Å². The Morgan fingerprint density at radius 2 is 2.00 bits per heavy atom. The van der Waals surface area contributed by atoms with Crippen molar-refractivity contribution in [2.75, 3.05) is 0 Å². The highest BCUT2D eigenvalue weighted by molar-refractivity contribution is 5.84. The fourth-order valence-corrected chi connectivity index (χ4v) is 3.01. The highest BCUT2D eigenvalue weighted by Crippen LogP contribution is 2.22. The van der Waals surface area contributed by atoms with Gasteiger partial charge in [0.05, 0.1) is 10.9 Å². The highest BCUT2D eigenvalue weighted by atomic mass is 16.3. The van der Waals surface area contributed by atoms with Gasteiger partial charge < -0.3 is 14.7 Å². The minimum absolute atomic E-state index is 0.0617. The average molecular weight is 305 g/mol. The van der Waals surface area contributed by atoms with Gasteiger partial charge in [0, 0.05) is 30.6 Å². The van der Waals surface area contributed by atoms with Crippen LogP contribution in [0.1, 0.15) is 11.4 Å². The van der Waals surface area contributed by atoms with Crippen molar-refractivity contribution < 1.29 is 5.11 Å². The lowest BCUT2D eigenvalue weighted by Gasteiger charge is -2.03. The molecule has 2 aromatic carbocycles. The lowest BCUT2D eigenvalue weighted by atomic mass is 10.1. The molecule has 2 heterocycles. The quantitative estimate of drug-likeness (QED) is 0.598. The van der Waals surface area contributed by atoms with Crippen molar-refractivity contribution in [2.45, 2.75) is 6.42 Å². The van der Waals surface area contributed by atoms with Crippen molar-refractivity contribution in [2.24, 2.45) is 7.05 Å². The summed E-state index contributed by atoms with van der Waals surface area (Å²) >= 11 is 0. The molecule has 0 bridgehead atoms. The predicted molar refractivity (Wildman–Crippen MR) is 89.8 cm³/mol. The van der Waals surface area contributed by atoms with Gasteiger partial charge in [-0.05, 0) is 29.8 Å². The number of hydrogen-bond donors (Lipinski definition) is 2. The van der Waals surface area contributed by atoms with Gasteiger partial charge in [-0.25, -0.2) is 4.98 Å². The maximum Gasteiger partial charge on any atom is 0.258 e. The molecule has 0 saturated heterocycles. The molecule has 114 valence electrons. The summed E-state index contributed by atoms with van der Waals surface area (Å²) in [6.07, 6.45) is 2.61. The predicted octanol–water partition coefficient (Wildman–Crippen LogP) is 2.71. The first-order chi connectivity index (χ1) is 11.1. The van der Waals surface area contributed by atoms with Crippen LogP contribution in [0.2, 0.25) is 0 Å². The van der Waals surface area contributed by atoms with E-state index in [4.69, 9.17) is 0 Å². The standard InChI is InChI=1S/C18H15N3O2/c1-21-10-11(13-4-2-3-5-16(13)21)8-17-19-15-7-6-12(22)9-14(15)18(23)20-17/h2-7,9-10,22H,8H2,1H3,(H,19,20,23). The Bertz CT molecular complexity index is 1090. The first-order valence-corrected chi connectivity index (χ1v) is 7.37. The van der Waals surface area contributed by atoms with Gasteiger partial charge in [-0.3, -0.25) is 4.79 Å². The van der Waals surface area contributed by atoms with Crippen LogP contribution in [0.5, 0.6) is 5.75 Å². The van der Waals surface area contributed by atoms with Gasteiger partial charge in [0.2, 0.25) is 0 Å². The summed E-state index contributed by atoms with van der Waals surface area (Å²) in [6.45, 7) is 0. The maximum absolute atomic E-state index is 12.2. The van der Waals surface area contributed by atoms with E-state index in [1.807, 2.05) is 19.2 Å². The largest absolute Gasteiger partial charge is 0.508 e.